The third-order valence-corrected chi connectivity index (χ3v) is 5.05. The standard InChI is InChI=1S/C18H14ClN3O3/c1-20-14-5-3-2-4-13(14)16(19)17(20)18(23)21-9-8-11-6-7-12(22(24)25)10-15(11)21/h2-7,10H,8-9H2,1H3. The van der Waals surface area contributed by atoms with Crippen molar-refractivity contribution in [3.63, 3.8) is 0 Å². The zero-order valence-corrected chi connectivity index (χ0v) is 14.2. The highest BCUT2D eigenvalue weighted by atomic mass is 35.5. The van der Waals surface area contributed by atoms with E-state index in [9.17, 15) is 14.9 Å². The van der Waals surface area contributed by atoms with Gasteiger partial charge in [0, 0.05) is 36.6 Å². The summed E-state index contributed by atoms with van der Waals surface area (Å²) in [6.07, 6.45) is 0.667. The number of rotatable bonds is 2. The van der Waals surface area contributed by atoms with Crippen LogP contribution in [0.2, 0.25) is 5.02 Å². The Morgan fingerprint density at radius 2 is 2.00 bits per heavy atom. The molecule has 126 valence electrons. The van der Waals surface area contributed by atoms with Crippen molar-refractivity contribution in [3.8, 4) is 0 Å². The molecule has 2 aromatic carbocycles. The molecule has 6 nitrogen and oxygen atoms in total. The highest BCUT2D eigenvalue weighted by Gasteiger charge is 2.31. The first-order chi connectivity index (χ1) is 12.0. The van der Waals surface area contributed by atoms with Crippen LogP contribution in [0.4, 0.5) is 11.4 Å². The smallest absolute Gasteiger partial charge is 0.276 e. The van der Waals surface area contributed by atoms with Crippen LogP contribution in [0.15, 0.2) is 42.5 Å². The summed E-state index contributed by atoms with van der Waals surface area (Å²) in [5, 5.41) is 12.3. The second-order valence-electron chi connectivity index (χ2n) is 6.02. The minimum absolute atomic E-state index is 0.0263. The van der Waals surface area contributed by atoms with Gasteiger partial charge in [0.2, 0.25) is 0 Å². The third-order valence-electron chi connectivity index (χ3n) is 4.67. The van der Waals surface area contributed by atoms with Crippen LogP contribution in [0.5, 0.6) is 0 Å². The van der Waals surface area contributed by atoms with Crippen LogP contribution in [-0.2, 0) is 13.5 Å². The van der Waals surface area contributed by atoms with Gasteiger partial charge in [-0.3, -0.25) is 14.9 Å². The number of non-ortho nitro benzene ring substituents is 1. The molecule has 0 bridgehead atoms. The van der Waals surface area contributed by atoms with Crippen LogP contribution < -0.4 is 4.90 Å². The molecule has 4 rings (SSSR count). The van der Waals surface area contributed by atoms with Gasteiger partial charge < -0.3 is 9.47 Å². The lowest BCUT2D eigenvalue weighted by Gasteiger charge is -2.18. The summed E-state index contributed by atoms with van der Waals surface area (Å²) in [7, 11) is 1.80. The number of hydrogen-bond donors (Lipinski definition) is 0. The molecular weight excluding hydrogens is 342 g/mol. The van der Waals surface area contributed by atoms with E-state index in [0.717, 1.165) is 16.5 Å². The molecule has 0 saturated carbocycles. The van der Waals surface area contributed by atoms with Crippen molar-refractivity contribution in [2.24, 2.45) is 7.05 Å². The number of anilines is 1. The van der Waals surface area contributed by atoms with Crippen molar-refractivity contribution >= 4 is 39.8 Å². The van der Waals surface area contributed by atoms with Crippen molar-refractivity contribution in [2.75, 3.05) is 11.4 Å². The number of nitro groups is 1. The SMILES string of the molecule is Cn1c(C(=O)N2CCc3ccc([N+](=O)[O-])cc32)c(Cl)c2ccccc21. The van der Waals surface area contributed by atoms with Crippen molar-refractivity contribution in [1.82, 2.24) is 4.57 Å². The number of carbonyl (C=O) groups excluding carboxylic acids is 1. The average molecular weight is 356 g/mol. The number of aryl methyl sites for hydroxylation is 1. The van der Waals surface area contributed by atoms with Gasteiger partial charge >= 0.3 is 0 Å². The highest BCUT2D eigenvalue weighted by Crippen LogP contribution is 2.36. The Morgan fingerprint density at radius 3 is 2.72 bits per heavy atom. The fraction of sp³-hybridized carbons (Fsp3) is 0.167. The van der Waals surface area contributed by atoms with Gasteiger partial charge in [-0.2, -0.15) is 0 Å². The Labute approximate surface area is 148 Å². The number of benzene rings is 2. The minimum Gasteiger partial charge on any atom is -0.338 e. The predicted molar refractivity (Wildman–Crippen MR) is 96.4 cm³/mol. The topological polar surface area (TPSA) is 68.4 Å². The van der Waals surface area contributed by atoms with Gasteiger partial charge in [0.25, 0.3) is 11.6 Å². The van der Waals surface area contributed by atoms with Gasteiger partial charge in [-0.15, -0.1) is 0 Å². The first-order valence-electron chi connectivity index (χ1n) is 7.81. The van der Waals surface area contributed by atoms with E-state index in [1.165, 1.54) is 12.1 Å². The third kappa shape index (κ3) is 2.29. The number of amides is 1. The predicted octanol–water partition coefficient (Wildman–Crippen LogP) is 3.94. The summed E-state index contributed by atoms with van der Waals surface area (Å²) in [6, 6.07) is 12.2. The Hall–Kier alpha value is -2.86. The Balaban J connectivity index is 1.82. The fourth-order valence-electron chi connectivity index (χ4n) is 3.40. The van der Waals surface area contributed by atoms with E-state index in [-0.39, 0.29) is 11.6 Å². The van der Waals surface area contributed by atoms with E-state index >= 15 is 0 Å². The first-order valence-corrected chi connectivity index (χ1v) is 8.19. The summed E-state index contributed by atoms with van der Waals surface area (Å²) in [5.74, 6) is -0.247. The average Bonchev–Trinajstić information content (AvgIpc) is 3.14. The van der Waals surface area contributed by atoms with Gasteiger partial charge in [-0.05, 0) is 18.1 Å². The fourth-order valence-corrected chi connectivity index (χ4v) is 3.77. The van der Waals surface area contributed by atoms with Crippen LogP contribution in [0.3, 0.4) is 0 Å². The molecule has 0 aliphatic carbocycles. The Kier molecular flexibility index (Phi) is 3.51. The molecule has 0 radical (unpaired) electrons. The van der Waals surface area contributed by atoms with E-state index in [4.69, 9.17) is 11.6 Å². The lowest BCUT2D eigenvalue weighted by atomic mass is 10.1. The van der Waals surface area contributed by atoms with E-state index in [2.05, 4.69) is 0 Å². The molecule has 1 aliphatic rings. The van der Waals surface area contributed by atoms with Gasteiger partial charge in [-0.25, -0.2) is 0 Å². The van der Waals surface area contributed by atoms with Crippen LogP contribution in [0, 0.1) is 10.1 Å². The van der Waals surface area contributed by atoms with Crippen LogP contribution >= 0.6 is 11.6 Å². The van der Waals surface area contributed by atoms with Gasteiger partial charge in [-0.1, -0.05) is 35.9 Å². The quantitative estimate of drug-likeness (QED) is 0.516. The van der Waals surface area contributed by atoms with Gasteiger partial charge in [0.15, 0.2) is 0 Å². The molecule has 1 amide bonds. The van der Waals surface area contributed by atoms with Crippen molar-refractivity contribution < 1.29 is 9.72 Å². The zero-order chi connectivity index (χ0) is 17.7. The number of hydrogen-bond acceptors (Lipinski definition) is 3. The normalized spacial score (nSPS) is 13.3. The summed E-state index contributed by atoms with van der Waals surface area (Å²) >= 11 is 6.47. The Morgan fingerprint density at radius 1 is 1.24 bits per heavy atom. The Bertz CT molecular complexity index is 1000. The summed E-state index contributed by atoms with van der Waals surface area (Å²) in [5.41, 5.74) is 2.74. The maximum Gasteiger partial charge on any atom is 0.276 e. The highest BCUT2D eigenvalue weighted by molar-refractivity contribution is 6.39. The molecule has 0 unspecified atom stereocenters. The summed E-state index contributed by atoms with van der Waals surface area (Å²) in [4.78, 5) is 25.3. The monoisotopic (exact) mass is 355 g/mol. The number of halogens is 1. The molecular formula is C18H14ClN3O3. The number of nitro benzene ring substituents is 1. The van der Waals surface area contributed by atoms with E-state index < -0.39 is 4.92 Å². The molecule has 7 heteroatoms. The minimum atomic E-state index is -0.453. The van der Waals surface area contributed by atoms with Crippen LogP contribution in [-0.4, -0.2) is 21.9 Å². The van der Waals surface area contributed by atoms with Crippen molar-refractivity contribution in [3.05, 3.63) is 68.9 Å². The molecule has 25 heavy (non-hydrogen) atoms. The molecule has 3 aromatic rings. The van der Waals surface area contributed by atoms with E-state index in [1.807, 2.05) is 24.3 Å². The first kappa shape index (κ1) is 15.7. The summed E-state index contributed by atoms with van der Waals surface area (Å²) < 4.78 is 1.77. The number of para-hydroxylation sites is 1. The number of aromatic nitrogens is 1. The lowest BCUT2D eigenvalue weighted by molar-refractivity contribution is -0.384. The zero-order valence-electron chi connectivity index (χ0n) is 13.4. The number of nitrogens with zero attached hydrogens (tertiary/aromatic N) is 3. The second kappa shape index (κ2) is 5.60. The molecule has 0 fully saturated rings. The number of fused-ring (bicyclic) bond motifs is 2. The number of carbonyl (C=O) groups is 1. The van der Waals surface area contributed by atoms with Gasteiger partial charge in [0.1, 0.15) is 5.69 Å². The molecule has 0 saturated heterocycles. The van der Waals surface area contributed by atoms with Crippen LogP contribution in [0.25, 0.3) is 10.9 Å². The largest absolute Gasteiger partial charge is 0.338 e. The molecule has 1 aromatic heterocycles. The van der Waals surface area contributed by atoms with E-state index in [0.29, 0.717) is 29.4 Å². The molecule has 0 spiro atoms. The van der Waals surface area contributed by atoms with Gasteiger partial charge in [0.05, 0.1) is 15.6 Å². The summed E-state index contributed by atoms with van der Waals surface area (Å²) in [6.45, 7) is 0.479. The second-order valence-corrected chi connectivity index (χ2v) is 6.39. The maximum atomic E-state index is 13.2. The van der Waals surface area contributed by atoms with Crippen molar-refractivity contribution in [2.45, 2.75) is 6.42 Å². The lowest BCUT2D eigenvalue weighted by Crippen LogP contribution is -2.30. The maximum absolute atomic E-state index is 13.2. The molecule has 1 aliphatic heterocycles. The molecule has 0 atom stereocenters. The van der Waals surface area contributed by atoms with Crippen molar-refractivity contribution in [1.29, 1.82) is 0 Å². The van der Waals surface area contributed by atoms with E-state index in [1.54, 1.807) is 22.6 Å². The van der Waals surface area contributed by atoms with Crippen LogP contribution in [0.1, 0.15) is 16.1 Å². The molecule has 0 N–H and O–H groups in total. The molecule has 2 heterocycles.